The van der Waals surface area contributed by atoms with Crippen molar-refractivity contribution in [3.05, 3.63) is 33.9 Å². The average Bonchev–Trinajstić information content (AvgIpc) is 2.37. The van der Waals surface area contributed by atoms with Gasteiger partial charge in [-0.3, -0.25) is 10.1 Å². The molecule has 1 aromatic carbocycles. The third kappa shape index (κ3) is 5.23. The summed E-state index contributed by atoms with van der Waals surface area (Å²) in [6.45, 7) is 5.25. The number of nitrogens with zero attached hydrogens (tertiary/aromatic N) is 1. The van der Waals surface area contributed by atoms with Gasteiger partial charge in [0, 0.05) is 12.6 Å². The van der Waals surface area contributed by atoms with Crippen LogP contribution in [0.5, 0.6) is 5.75 Å². The van der Waals surface area contributed by atoms with Gasteiger partial charge < -0.3 is 15.2 Å². The van der Waals surface area contributed by atoms with Crippen LogP contribution in [0.25, 0.3) is 0 Å². The molecule has 106 valence electrons. The van der Waals surface area contributed by atoms with E-state index < -0.39 is 11.0 Å². The highest BCUT2D eigenvalue weighted by atomic mass is 16.6. The largest absolute Gasteiger partial charge is 0.490 e. The topological polar surface area (TPSA) is 84.6 Å². The van der Waals surface area contributed by atoms with Gasteiger partial charge in [0.15, 0.2) is 0 Å². The molecule has 0 aliphatic carbocycles. The standard InChI is InChI=1S/C13H20N2O4/c1-3-6-14-8-12(16)9-19-13-7-11(15(17)18)5-4-10(13)2/h4-5,7,12,14,16H,3,6,8-9H2,1-2H3. The zero-order chi connectivity index (χ0) is 14.3. The van der Waals surface area contributed by atoms with Crippen molar-refractivity contribution in [2.45, 2.75) is 26.4 Å². The summed E-state index contributed by atoms with van der Waals surface area (Å²) in [4.78, 5) is 10.2. The van der Waals surface area contributed by atoms with E-state index in [2.05, 4.69) is 5.32 Å². The van der Waals surface area contributed by atoms with Crippen LogP contribution in [0.1, 0.15) is 18.9 Å². The van der Waals surface area contributed by atoms with Crippen LogP contribution < -0.4 is 10.1 Å². The summed E-state index contributed by atoms with van der Waals surface area (Å²) in [5.74, 6) is 0.434. The number of nitro benzene ring substituents is 1. The molecule has 1 aromatic rings. The Balaban J connectivity index is 2.52. The lowest BCUT2D eigenvalue weighted by atomic mass is 10.2. The number of rotatable bonds is 8. The summed E-state index contributed by atoms with van der Waals surface area (Å²) in [5.41, 5.74) is 0.790. The molecule has 19 heavy (non-hydrogen) atoms. The van der Waals surface area contributed by atoms with Gasteiger partial charge in [0.05, 0.1) is 11.0 Å². The maximum Gasteiger partial charge on any atom is 0.273 e. The van der Waals surface area contributed by atoms with Crippen molar-refractivity contribution in [2.75, 3.05) is 19.7 Å². The molecule has 0 radical (unpaired) electrons. The maximum absolute atomic E-state index is 10.7. The fourth-order valence-corrected chi connectivity index (χ4v) is 1.55. The Kier molecular flexibility index (Phi) is 6.24. The molecule has 0 heterocycles. The van der Waals surface area contributed by atoms with Gasteiger partial charge in [0.1, 0.15) is 18.5 Å². The molecule has 0 fully saturated rings. The van der Waals surface area contributed by atoms with E-state index in [1.165, 1.54) is 12.1 Å². The van der Waals surface area contributed by atoms with Crippen LogP contribution in [-0.2, 0) is 0 Å². The van der Waals surface area contributed by atoms with Crippen molar-refractivity contribution in [1.82, 2.24) is 5.32 Å². The molecule has 0 bridgehead atoms. The van der Waals surface area contributed by atoms with Gasteiger partial charge in [-0.2, -0.15) is 0 Å². The number of aryl methyl sites for hydroxylation is 1. The van der Waals surface area contributed by atoms with E-state index in [9.17, 15) is 15.2 Å². The van der Waals surface area contributed by atoms with Crippen molar-refractivity contribution >= 4 is 5.69 Å². The molecule has 2 N–H and O–H groups in total. The molecule has 1 atom stereocenters. The first-order valence-corrected chi connectivity index (χ1v) is 6.31. The predicted molar refractivity (Wildman–Crippen MR) is 72.5 cm³/mol. The average molecular weight is 268 g/mol. The summed E-state index contributed by atoms with van der Waals surface area (Å²) in [5, 5.41) is 23.4. The fraction of sp³-hybridized carbons (Fsp3) is 0.538. The quantitative estimate of drug-likeness (QED) is 0.425. The van der Waals surface area contributed by atoms with Gasteiger partial charge in [-0.15, -0.1) is 0 Å². The Morgan fingerprint density at radius 3 is 2.89 bits per heavy atom. The second-order valence-corrected chi connectivity index (χ2v) is 4.38. The summed E-state index contributed by atoms with van der Waals surface area (Å²) in [6, 6.07) is 4.44. The number of hydrogen-bond donors (Lipinski definition) is 2. The molecule has 6 heteroatoms. The van der Waals surface area contributed by atoms with E-state index in [-0.39, 0.29) is 12.3 Å². The normalized spacial score (nSPS) is 12.2. The fourth-order valence-electron chi connectivity index (χ4n) is 1.55. The lowest BCUT2D eigenvalue weighted by molar-refractivity contribution is -0.385. The number of aliphatic hydroxyl groups excluding tert-OH is 1. The van der Waals surface area contributed by atoms with Gasteiger partial charge in [-0.25, -0.2) is 0 Å². The Bertz CT molecular complexity index is 423. The maximum atomic E-state index is 10.7. The molecular weight excluding hydrogens is 248 g/mol. The number of nitro groups is 1. The van der Waals surface area contributed by atoms with Crippen molar-refractivity contribution in [1.29, 1.82) is 0 Å². The second-order valence-electron chi connectivity index (χ2n) is 4.38. The van der Waals surface area contributed by atoms with Gasteiger partial charge in [-0.05, 0) is 31.5 Å². The van der Waals surface area contributed by atoms with Crippen LogP contribution in [0, 0.1) is 17.0 Å². The van der Waals surface area contributed by atoms with Crippen molar-refractivity contribution in [3.8, 4) is 5.75 Å². The number of hydrogen-bond acceptors (Lipinski definition) is 5. The molecule has 0 aliphatic heterocycles. The third-order valence-corrected chi connectivity index (χ3v) is 2.62. The van der Waals surface area contributed by atoms with Gasteiger partial charge in [0.25, 0.3) is 5.69 Å². The molecule has 0 amide bonds. The Labute approximate surface area is 112 Å². The van der Waals surface area contributed by atoms with Gasteiger partial charge in [-0.1, -0.05) is 6.92 Å². The summed E-state index contributed by atoms with van der Waals surface area (Å²) < 4.78 is 5.43. The van der Waals surface area contributed by atoms with Crippen LogP contribution in [0.4, 0.5) is 5.69 Å². The predicted octanol–water partition coefficient (Wildman–Crippen LogP) is 1.64. The van der Waals surface area contributed by atoms with Crippen LogP contribution in [0.3, 0.4) is 0 Å². The van der Waals surface area contributed by atoms with Crippen LogP contribution in [-0.4, -0.2) is 35.8 Å². The van der Waals surface area contributed by atoms with Gasteiger partial charge in [0.2, 0.25) is 0 Å². The zero-order valence-electron chi connectivity index (χ0n) is 11.3. The number of ether oxygens (including phenoxy) is 1. The number of non-ortho nitro benzene ring substituents is 1. The summed E-state index contributed by atoms with van der Waals surface area (Å²) in [6.07, 6.45) is 0.364. The van der Waals surface area contributed by atoms with E-state index in [1.807, 2.05) is 6.92 Å². The lowest BCUT2D eigenvalue weighted by Crippen LogP contribution is -2.31. The van der Waals surface area contributed by atoms with Crippen LogP contribution in [0.15, 0.2) is 18.2 Å². The molecule has 1 unspecified atom stereocenters. The first-order chi connectivity index (χ1) is 9.04. The van der Waals surface area contributed by atoms with E-state index in [0.717, 1.165) is 18.5 Å². The van der Waals surface area contributed by atoms with E-state index in [1.54, 1.807) is 13.0 Å². The minimum absolute atomic E-state index is 0.0146. The monoisotopic (exact) mass is 268 g/mol. The smallest absolute Gasteiger partial charge is 0.273 e. The van der Waals surface area contributed by atoms with Gasteiger partial charge >= 0.3 is 0 Å². The molecular formula is C13H20N2O4. The minimum atomic E-state index is -0.634. The Morgan fingerprint density at radius 1 is 1.53 bits per heavy atom. The number of benzene rings is 1. The third-order valence-electron chi connectivity index (χ3n) is 2.62. The molecule has 1 rings (SSSR count). The highest BCUT2D eigenvalue weighted by molar-refractivity contribution is 5.43. The van der Waals surface area contributed by atoms with Crippen molar-refractivity contribution in [2.24, 2.45) is 0 Å². The Morgan fingerprint density at radius 2 is 2.26 bits per heavy atom. The van der Waals surface area contributed by atoms with Crippen LogP contribution in [0.2, 0.25) is 0 Å². The van der Waals surface area contributed by atoms with E-state index in [4.69, 9.17) is 4.74 Å². The molecule has 0 aliphatic rings. The first kappa shape index (κ1) is 15.4. The molecule has 0 spiro atoms. The highest BCUT2D eigenvalue weighted by Crippen LogP contribution is 2.24. The first-order valence-electron chi connectivity index (χ1n) is 6.31. The number of nitrogens with one attached hydrogen (secondary N) is 1. The highest BCUT2D eigenvalue weighted by Gasteiger charge is 2.11. The van der Waals surface area contributed by atoms with Crippen LogP contribution >= 0.6 is 0 Å². The number of aliphatic hydroxyl groups is 1. The van der Waals surface area contributed by atoms with Crippen molar-refractivity contribution < 1.29 is 14.8 Å². The SMILES string of the molecule is CCCNCC(O)COc1cc([N+](=O)[O-])ccc1C. The molecule has 0 saturated carbocycles. The van der Waals surface area contributed by atoms with E-state index >= 15 is 0 Å². The summed E-state index contributed by atoms with van der Waals surface area (Å²) in [7, 11) is 0. The minimum Gasteiger partial charge on any atom is -0.490 e. The lowest BCUT2D eigenvalue weighted by Gasteiger charge is -2.14. The molecule has 0 aromatic heterocycles. The second kappa shape index (κ2) is 7.70. The Hall–Kier alpha value is -1.66. The summed E-state index contributed by atoms with van der Waals surface area (Å²) >= 11 is 0. The van der Waals surface area contributed by atoms with Crippen molar-refractivity contribution in [3.63, 3.8) is 0 Å². The molecule has 6 nitrogen and oxygen atoms in total. The zero-order valence-corrected chi connectivity index (χ0v) is 11.3. The van der Waals surface area contributed by atoms with E-state index in [0.29, 0.717) is 12.3 Å². The molecule has 0 saturated heterocycles.